The Balaban J connectivity index is 4.34. The smallest absolute Gasteiger partial charge is 0.306 e. The summed E-state index contributed by atoms with van der Waals surface area (Å²) in [6.07, 6.45) is 65.6. The van der Waals surface area contributed by atoms with Crippen LogP contribution >= 0.6 is 0 Å². The third-order valence-electron chi connectivity index (χ3n) is 12.9. The number of ether oxygens (including phenoxy) is 3. The molecule has 1 atom stereocenters. The van der Waals surface area contributed by atoms with Gasteiger partial charge in [-0.1, -0.05) is 276 Å². The fourth-order valence-corrected chi connectivity index (χ4v) is 8.58. The summed E-state index contributed by atoms with van der Waals surface area (Å²) in [5, 5.41) is 0. The first kappa shape index (κ1) is 63.6. The Morgan fingerprint density at radius 1 is 0.318 bits per heavy atom. The van der Waals surface area contributed by atoms with Gasteiger partial charge in [0.2, 0.25) is 0 Å². The molecular weight excluding hydrogens is 817 g/mol. The zero-order valence-electron chi connectivity index (χ0n) is 44.2. The van der Waals surface area contributed by atoms with Crippen molar-refractivity contribution in [2.45, 2.75) is 316 Å². The molecule has 0 amide bonds. The van der Waals surface area contributed by atoms with Gasteiger partial charge in [-0.25, -0.2) is 0 Å². The minimum atomic E-state index is -0.775. The topological polar surface area (TPSA) is 78.9 Å². The van der Waals surface area contributed by atoms with Gasteiger partial charge >= 0.3 is 17.9 Å². The maximum atomic E-state index is 12.9. The van der Waals surface area contributed by atoms with Crippen LogP contribution in [0.2, 0.25) is 0 Å². The van der Waals surface area contributed by atoms with Crippen molar-refractivity contribution in [1.29, 1.82) is 0 Å². The molecule has 0 radical (unpaired) electrons. The summed E-state index contributed by atoms with van der Waals surface area (Å²) in [5.41, 5.74) is 0. The van der Waals surface area contributed by atoms with Crippen molar-refractivity contribution >= 4 is 17.9 Å². The van der Waals surface area contributed by atoms with E-state index >= 15 is 0 Å². The van der Waals surface area contributed by atoms with Crippen molar-refractivity contribution in [1.82, 2.24) is 0 Å². The van der Waals surface area contributed by atoms with E-state index in [1.54, 1.807) is 0 Å². The van der Waals surface area contributed by atoms with E-state index < -0.39 is 6.10 Å². The second kappa shape index (κ2) is 55.2. The van der Waals surface area contributed by atoms with E-state index in [0.29, 0.717) is 19.3 Å². The lowest BCUT2D eigenvalue weighted by Crippen LogP contribution is -2.30. The van der Waals surface area contributed by atoms with Crippen LogP contribution in [-0.2, 0) is 28.6 Å². The molecule has 0 aromatic rings. The molecule has 66 heavy (non-hydrogen) atoms. The van der Waals surface area contributed by atoms with Crippen LogP contribution in [0.1, 0.15) is 310 Å². The van der Waals surface area contributed by atoms with Gasteiger partial charge in [0.15, 0.2) is 6.10 Å². The number of allylic oxidation sites excluding steroid dienone is 6. The van der Waals surface area contributed by atoms with Gasteiger partial charge in [0, 0.05) is 19.3 Å². The van der Waals surface area contributed by atoms with Crippen LogP contribution in [-0.4, -0.2) is 37.2 Å². The molecule has 0 aromatic carbocycles. The Kier molecular flexibility index (Phi) is 53.2. The lowest BCUT2D eigenvalue weighted by molar-refractivity contribution is -0.167. The largest absolute Gasteiger partial charge is 0.462 e. The monoisotopic (exact) mass is 927 g/mol. The SMILES string of the molecule is CC/C=C/C/C=C/C/C=C/CCCCCCCC(=O)OC[C@H](COC(=O)CCCCCCCCCCCCCCCCCCC)OC(=O)CCCCCCCCCCCCCCCCCC. The highest BCUT2D eigenvalue weighted by atomic mass is 16.6. The standard InChI is InChI=1S/C60H110O6/c1-4-7-10-13-16-19-22-25-28-30-33-35-38-41-44-47-50-53-59(62)65-56-57(55-64-58(61)52-49-46-43-40-37-34-31-27-24-21-18-15-12-9-6-3)66-60(63)54-51-48-45-42-39-36-32-29-26-23-20-17-14-11-8-5-2/h9,12,18,21,27,31,57H,4-8,10-11,13-17,19-20,22-26,28-30,32-56H2,1-3H3/b12-9+,21-18+,31-27+/t57-/m1/s1. The second-order valence-corrected chi connectivity index (χ2v) is 19.5. The van der Waals surface area contributed by atoms with Crippen LogP contribution in [0.4, 0.5) is 0 Å². The molecule has 0 spiro atoms. The molecule has 0 unspecified atom stereocenters. The maximum absolute atomic E-state index is 12.9. The quantitative estimate of drug-likeness (QED) is 0.0262. The number of esters is 3. The lowest BCUT2D eigenvalue weighted by atomic mass is 10.0. The predicted octanol–water partition coefficient (Wildman–Crippen LogP) is 19.3. The van der Waals surface area contributed by atoms with Gasteiger partial charge < -0.3 is 14.2 Å². The van der Waals surface area contributed by atoms with Gasteiger partial charge in [0.25, 0.3) is 0 Å². The molecule has 0 fully saturated rings. The maximum Gasteiger partial charge on any atom is 0.306 e. The third-order valence-corrected chi connectivity index (χ3v) is 12.9. The number of hydrogen-bond acceptors (Lipinski definition) is 6. The summed E-state index contributed by atoms with van der Waals surface area (Å²) in [4.78, 5) is 38.1. The number of hydrogen-bond donors (Lipinski definition) is 0. The molecule has 0 heterocycles. The highest BCUT2D eigenvalue weighted by molar-refractivity contribution is 5.71. The zero-order chi connectivity index (χ0) is 47.9. The van der Waals surface area contributed by atoms with E-state index in [4.69, 9.17) is 14.2 Å². The fourth-order valence-electron chi connectivity index (χ4n) is 8.58. The lowest BCUT2D eigenvalue weighted by Gasteiger charge is -2.18. The zero-order valence-corrected chi connectivity index (χ0v) is 44.2. The van der Waals surface area contributed by atoms with Crippen LogP contribution in [0.15, 0.2) is 36.5 Å². The molecule has 0 saturated heterocycles. The van der Waals surface area contributed by atoms with Crippen molar-refractivity contribution in [3.63, 3.8) is 0 Å². The average molecular weight is 928 g/mol. The predicted molar refractivity (Wildman–Crippen MR) is 284 cm³/mol. The van der Waals surface area contributed by atoms with Crippen molar-refractivity contribution < 1.29 is 28.6 Å². The number of carbonyl (C=O) groups is 3. The minimum Gasteiger partial charge on any atom is -0.462 e. The summed E-state index contributed by atoms with van der Waals surface area (Å²) in [7, 11) is 0. The molecule has 0 rings (SSSR count). The summed E-state index contributed by atoms with van der Waals surface area (Å²) in [6, 6.07) is 0. The number of carbonyl (C=O) groups excluding carboxylic acids is 3. The first-order chi connectivity index (χ1) is 32.5. The van der Waals surface area contributed by atoms with Crippen LogP contribution in [0.25, 0.3) is 0 Å². The molecule has 386 valence electrons. The van der Waals surface area contributed by atoms with Crippen LogP contribution in [0, 0.1) is 0 Å². The van der Waals surface area contributed by atoms with Gasteiger partial charge in [0.1, 0.15) is 13.2 Å². The third kappa shape index (κ3) is 52.6. The van der Waals surface area contributed by atoms with E-state index in [2.05, 4.69) is 57.2 Å². The van der Waals surface area contributed by atoms with Gasteiger partial charge in [-0.2, -0.15) is 0 Å². The second-order valence-electron chi connectivity index (χ2n) is 19.5. The van der Waals surface area contributed by atoms with Crippen molar-refractivity contribution in [3.8, 4) is 0 Å². The normalized spacial score (nSPS) is 12.2. The van der Waals surface area contributed by atoms with E-state index in [0.717, 1.165) is 96.3 Å². The van der Waals surface area contributed by atoms with Crippen molar-refractivity contribution in [3.05, 3.63) is 36.5 Å². The summed E-state index contributed by atoms with van der Waals surface area (Å²) in [6.45, 7) is 6.56. The van der Waals surface area contributed by atoms with Crippen LogP contribution in [0.5, 0.6) is 0 Å². The summed E-state index contributed by atoms with van der Waals surface area (Å²) < 4.78 is 16.9. The molecule has 0 aliphatic carbocycles. The molecule has 6 nitrogen and oxygen atoms in total. The Morgan fingerprint density at radius 3 is 0.924 bits per heavy atom. The molecule has 0 aliphatic rings. The summed E-state index contributed by atoms with van der Waals surface area (Å²) >= 11 is 0. The van der Waals surface area contributed by atoms with Gasteiger partial charge in [-0.3, -0.25) is 14.4 Å². The number of rotatable bonds is 53. The molecular formula is C60H110O6. The van der Waals surface area contributed by atoms with Crippen molar-refractivity contribution in [2.75, 3.05) is 13.2 Å². The first-order valence-corrected chi connectivity index (χ1v) is 29.0. The van der Waals surface area contributed by atoms with Gasteiger partial charge in [-0.15, -0.1) is 0 Å². The molecule has 0 N–H and O–H groups in total. The van der Waals surface area contributed by atoms with Crippen molar-refractivity contribution in [2.24, 2.45) is 0 Å². The number of unbranched alkanes of at least 4 members (excludes halogenated alkanes) is 36. The average Bonchev–Trinajstić information content (AvgIpc) is 3.31. The Morgan fingerprint density at radius 2 is 0.591 bits per heavy atom. The Hall–Kier alpha value is -2.37. The van der Waals surface area contributed by atoms with E-state index in [1.807, 2.05) is 0 Å². The molecule has 0 bridgehead atoms. The molecule has 0 aromatic heterocycles. The molecule has 6 heteroatoms. The molecule has 0 saturated carbocycles. The van der Waals surface area contributed by atoms with E-state index in [-0.39, 0.29) is 31.1 Å². The fraction of sp³-hybridized carbons (Fsp3) is 0.850. The van der Waals surface area contributed by atoms with E-state index in [9.17, 15) is 14.4 Å². The summed E-state index contributed by atoms with van der Waals surface area (Å²) in [5.74, 6) is -0.870. The highest BCUT2D eigenvalue weighted by Gasteiger charge is 2.19. The molecule has 0 aliphatic heterocycles. The Bertz CT molecular complexity index is 1110. The van der Waals surface area contributed by atoms with Crippen LogP contribution in [0.3, 0.4) is 0 Å². The minimum absolute atomic E-state index is 0.0726. The van der Waals surface area contributed by atoms with Crippen LogP contribution < -0.4 is 0 Å². The van der Waals surface area contributed by atoms with E-state index in [1.165, 1.54) is 173 Å². The van der Waals surface area contributed by atoms with Gasteiger partial charge in [0.05, 0.1) is 0 Å². The first-order valence-electron chi connectivity index (χ1n) is 29.0. The Labute approximate surface area is 410 Å². The highest BCUT2D eigenvalue weighted by Crippen LogP contribution is 2.17. The van der Waals surface area contributed by atoms with Gasteiger partial charge in [-0.05, 0) is 51.4 Å².